The van der Waals surface area contributed by atoms with Gasteiger partial charge >= 0.3 is 6.03 Å². The number of hydrogen-bond acceptors (Lipinski definition) is 3. The summed E-state index contributed by atoms with van der Waals surface area (Å²) in [7, 11) is 0. The van der Waals surface area contributed by atoms with Crippen LogP contribution in [-0.4, -0.2) is 34.2 Å². The molecule has 2 aliphatic rings. The molecule has 3 heterocycles. The summed E-state index contributed by atoms with van der Waals surface area (Å²) in [6.45, 7) is 0.624. The average Bonchev–Trinajstić information content (AvgIpc) is 3.12. The van der Waals surface area contributed by atoms with Gasteiger partial charge in [0.25, 0.3) is 0 Å². The van der Waals surface area contributed by atoms with E-state index in [0.717, 1.165) is 23.7 Å². The summed E-state index contributed by atoms with van der Waals surface area (Å²) in [5.74, 6) is 0.556. The quantitative estimate of drug-likeness (QED) is 0.811. The highest BCUT2D eigenvalue weighted by atomic mass is 16.5. The summed E-state index contributed by atoms with van der Waals surface area (Å²) in [5, 5.41) is 6.69. The summed E-state index contributed by atoms with van der Waals surface area (Å²) >= 11 is 0. The molecule has 1 saturated heterocycles. The maximum Gasteiger partial charge on any atom is 0.320 e. The summed E-state index contributed by atoms with van der Waals surface area (Å²) in [6.07, 6.45) is 10.8. The van der Waals surface area contributed by atoms with Gasteiger partial charge in [-0.25, -0.2) is 9.78 Å². The van der Waals surface area contributed by atoms with Crippen LogP contribution in [0.4, 0.5) is 10.6 Å². The molecule has 1 aliphatic carbocycles. The molecule has 2 aromatic rings. The Hall–Kier alpha value is -2.08. The van der Waals surface area contributed by atoms with Crippen LogP contribution in [0.1, 0.15) is 38.5 Å². The van der Waals surface area contributed by atoms with Gasteiger partial charge in [0.05, 0.1) is 23.4 Å². The topological polar surface area (TPSA) is 79.0 Å². The predicted octanol–water partition coefficient (Wildman–Crippen LogP) is 3.18. The second-order valence-corrected chi connectivity index (χ2v) is 6.62. The fraction of sp³-hybridized carbons (Fsp3) is 0.529. The molecule has 2 aromatic heterocycles. The number of fused-ring (bicyclic) bond motifs is 1. The second kappa shape index (κ2) is 5.85. The first kappa shape index (κ1) is 14.5. The maximum absolute atomic E-state index is 11.9. The van der Waals surface area contributed by atoms with Gasteiger partial charge in [-0.05, 0) is 50.7 Å². The minimum Gasteiger partial charge on any atom is -0.372 e. The number of urea groups is 1. The lowest BCUT2D eigenvalue weighted by molar-refractivity contribution is -0.0920. The van der Waals surface area contributed by atoms with Crippen LogP contribution in [0.15, 0.2) is 24.5 Å². The molecular weight excluding hydrogens is 292 g/mol. The van der Waals surface area contributed by atoms with Gasteiger partial charge in [0.2, 0.25) is 0 Å². The highest BCUT2D eigenvalue weighted by Crippen LogP contribution is 2.46. The van der Waals surface area contributed by atoms with E-state index in [2.05, 4.69) is 20.6 Å². The van der Waals surface area contributed by atoms with Crippen molar-refractivity contribution in [3.8, 4) is 0 Å². The van der Waals surface area contributed by atoms with Crippen molar-refractivity contribution in [3.05, 3.63) is 24.5 Å². The van der Waals surface area contributed by atoms with Crippen LogP contribution in [0.5, 0.6) is 0 Å². The van der Waals surface area contributed by atoms with Crippen LogP contribution in [-0.2, 0) is 4.74 Å². The number of carbonyl (C=O) groups is 1. The van der Waals surface area contributed by atoms with Crippen LogP contribution < -0.4 is 10.6 Å². The van der Waals surface area contributed by atoms with Gasteiger partial charge in [-0.1, -0.05) is 0 Å². The van der Waals surface area contributed by atoms with Crippen LogP contribution in [0.2, 0.25) is 0 Å². The minimum atomic E-state index is -0.219. The van der Waals surface area contributed by atoms with E-state index in [1.54, 1.807) is 6.20 Å². The van der Waals surface area contributed by atoms with E-state index in [1.807, 2.05) is 18.3 Å². The van der Waals surface area contributed by atoms with Crippen LogP contribution in [0.25, 0.3) is 10.9 Å². The van der Waals surface area contributed by atoms with E-state index in [-0.39, 0.29) is 11.6 Å². The van der Waals surface area contributed by atoms with Crippen molar-refractivity contribution in [2.75, 3.05) is 11.9 Å². The lowest BCUT2D eigenvalue weighted by atomic mass is 9.78. The Labute approximate surface area is 135 Å². The Morgan fingerprint density at radius 3 is 3.13 bits per heavy atom. The molecule has 6 nitrogen and oxygen atoms in total. The third-order valence-corrected chi connectivity index (χ3v) is 5.03. The largest absolute Gasteiger partial charge is 0.372 e. The van der Waals surface area contributed by atoms with Crippen molar-refractivity contribution < 1.29 is 9.53 Å². The van der Waals surface area contributed by atoms with E-state index >= 15 is 0 Å². The molecular formula is C17H22N4O2. The van der Waals surface area contributed by atoms with Crippen molar-refractivity contribution >= 4 is 22.8 Å². The summed E-state index contributed by atoms with van der Waals surface area (Å²) < 4.78 is 6.14. The van der Waals surface area contributed by atoms with Crippen LogP contribution in [0, 0.1) is 0 Å². The SMILES string of the molecule is O=C(NCCC1CCC2(CCC2)O1)Nc1cc2cc[nH]c2cn1. The zero-order chi connectivity index (χ0) is 15.7. The van der Waals surface area contributed by atoms with E-state index < -0.39 is 0 Å². The number of aromatic nitrogens is 2. The number of nitrogens with zero attached hydrogens (tertiary/aromatic N) is 1. The molecule has 1 spiro atoms. The predicted molar refractivity (Wildman–Crippen MR) is 88.4 cm³/mol. The number of rotatable bonds is 4. The molecule has 1 saturated carbocycles. The van der Waals surface area contributed by atoms with E-state index in [0.29, 0.717) is 18.5 Å². The Balaban J connectivity index is 1.22. The van der Waals surface area contributed by atoms with Crippen LogP contribution >= 0.6 is 0 Å². The maximum atomic E-state index is 11.9. The average molecular weight is 314 g/mol. The van der Waals surface area contributed by atoms with E-state index in [1.165, 1.54) is 25.7 Å². The van der Waals surface area contributed by atoms with Crippen molar-refractivity contribution in [1.29, 1.82) is 0 Å². The third-order valence-electron chi connectivity index (χ3n) is 5.03. The Morgan fingerprint density at radius 2 is 2.35 bits per heavy atom. The number of anilines is 1. The van der Waals surface area contributed by atoms with Gasteiger partial charge in [0.1, 0.15) is 5.82 Å². The molecule has 1 unspecified atom stereocenters. The number of ether oxygens (including phenoxy) is 1. The first-order valence-electron chi connectivity index (χ1n) is 8.38. The molecule has 2 fully saturated rings. The molecule has 0 bridgehead atoms. The molecule has 1 atom stereocenters. The highest BCUT2D eigenvalue weighted by molar-refractivity contribution is 5.90. The van der Waals surface area contributed by atoms with Crippen molar-refractivity contribution in [1.82, 2.24) is 15.3 Å². The highest BCUT2D eigenvalue weighted by Gasteiger charge is 2.44. The summed E-state index contributed by atoms with van der Waals surface area (Å²) in [4.78, 5) is 19.2. The first-order chi connectivity index (χ1) is 11.2. The van der Waals surface area contributed by atoms with Crippen LogP contribution in [0.3, 0.4) is 0 Å². The first-order valence-corrected chi connectivity index (χ1v) is 8.38. The minimum absolute atomic E-state index is 0.197. The molecule has 0 radical (unpaired) electrons. The molecule has 3 N–H and O–H groups in total. The molecule has 4 rings (SSSR count). The van der Waals surface area contributed by atoms with Crippen molar-refractivity contribution in [3.63, 3.8) is 0 Å². The summed E-state index contributed by atoms with van der Waals surface area (Å²) in [5.41, 5.74) is 1.15. The standard InChI is InChI=1S/C17H22N4O2/c22-16(21-15-10-12-3-8-18-14(12)11-20-15)19-9-4-13-2-7-17(23-13)5-1-6-17/h3,8,10-11,13,18H,1-2,4-7,9H2,(H2,19,20,21,22). The Bertz CT molecular complexity index is 707. The number of carbonyl (C=O) groups excluding carboxylic acids is 1. The number of nitrogens with one attached hydrogen (secondary N) is 3. The zero-order valence-electron chi connectivity index (χ0n) is 13.1. The van der Waals surface area contributed by atoms with Gasteiger partial charge < -0.3 is 15.0 Å². The molecule has 122 valence electrons. The van der Waals surface area contributed by atoms with Gasteiger partial charge in [-0.2, -0.15) is 0 Å². The zero-order valence-corrected chi connectivity index (χ0v) is 13.1. The van der Waals surface area contributed by atoms with E-state index in [4.69, 9.17) is 4.74 Å². The lowest BCUT2D eigenvalue weighted by Crippen LogP contribution is -2.37. The fourth-order valence-corrected chi connectivity index (χ4v) is 3.56. The molecule has 23 heavy (non-hydrogen) atoms. The normalized spacial score (nSPS) is 22.2. The van der Waals surface area contributed by atoms with Gasteiger partial charge in [-0.3, -0.25) is 5.32 Å². The molecule has 1 aliphatic heterocycles. The Kier molecular flexibility index (Phi) is 3.69. The molecule has 2 amide bonds. The number of H-pyrrole nitrogens is 1. The van der Waals surface area contributed by atoms with Gasteiger partial charge in [-0.15, -0.1) is 0 Å². The van der Waals surface area contributed by atoms with Crippen molar-refractivity contribution in [2.24, 2.45) is 0 Å². The smallest absolute Gasteiger partial charge is 0.320 e. The molecule has 0 aromatic carbocycles. The number of hydrogen-bond donors (Lipinski definition) is 3. The second-order valence-electron chi connectivity index (χ2n) is 6.62. The van der Waals surface area contributed by atoms with Gasteiger partial charge in [0.15, 0.2) is 0 Å². The number of pyridine rings is 1. The number of aromatic amines is 1. The third kappa shape index (κ3) is 3.03. The fourth-order valence-electron chi connectivity index (χ4n) is 3.56. The van der Waals surface area contributed by atoms with Gasteiger partial charge in [0, 0.05) is 18.1 Å². The number of amides is 2. The van der Waals surface area contributed by atoms with E-state index in [9.17, 15) is 4.79 Å². The van der Waals surface area contributed by atoms with Crippen molar-refractivity contribution in [2.45, 2.75) is 50.2 Å². The Morgan fingerprint density at radius 1 is 1.43 bits per heavy atom. The molecule has 6 heteroatoms. The monoisotopic (exact) mass is 314 g/mol. The summed E-state index contributed by atoms with van der Waals surface area (Å²) in [6, 6.07) is 3.59. The lowest BCUT2D eigenvalue weighted by Gasteiger charge is -2.38.